The number of rotatable bonds is 8. The van der Waals surface area contributed by atoms with Crippen molar-refractivity contribution in [2.75, 3.05) is 31.6 Å². The van der Waals surface area contributed by atoms with Crippen LogP contribution in [0.3, 0.4) is 0 Å². The van der Waals surface area contributed by atoms with Crippen molar-refractivity contribution in [2.45, 2.75) is 25.3 Å². The van der Waals surface area contributed by atoms with Crippen molar-refractivity contribution in [2.24, 2.45) is 4.99 Å². The van der Waals surface area contributed by atoms with E-state index < -0.39 is 11.9 Å². The molecule has 0 bridgehead atoms. The van der Waals surface area contributed by atoms with Gasteiger partial charge < -0.3 is 15.2 Å². The molecule has 5 rings (SSSR count). The first kappa shape index (κ1) is 25.1. The second-order valence-electron chi connectivity index (χ2n) is 9.30. The summed E-state index contributed by atoms with van der Waals surface area (Å²) in [6, 6.07) is 21.1. The van der Waals surface area contributed by atoms with Crippen molar-refractivity contribution in [1.82, 2.24) is 4.90 Å². The number of carboxylic acids is 1. The topological polar surface area (TPSA) is 91.2 Å². The van der Waals surface area contributed by atoms with Crippen LogP contribution in [-0.2, 0) is 27.3 Å². The highest BCUT2D eigenvalue weighted by molar-refractivity contribution is 6.31. The molecule has 190 valence electrons. The first-order chi connectivity index (χ1) is 18.0. The third-order valence-electron chi connectivity index (χ3n) is 6.67. The van der Waals surface area contributed by atoms with Gasteiger partial charge in [-0.15, -0.1) is 0 Å². The van der Waals surface area contributed by atoms with Gasteiger partial charge in [0.15, 0.2) is 0 Å². The Hall–Kier alpha value is -3.52. The Morgan fingerprint density at radius 2 is 1.84 bits per heavy atom. The molecule has 0 spiro atoms. The lowest BCUT2D eigenvalue weighted by Crippen LogP contribution is -2.35. The molecule has 1 atom stereocenters. The van der Waals surface area contributed by atoms with Gasteiger partial charge in [-0.25, -0.2) is 0 Å². The molecule has 3 aromatic carbocycles. The normalized spacial score (nSPS) is 17.9. The van der Waals surface area contributed by atoms with Crippen LogP contribution in [0.5, 0.6) is 0 Å². The number of carbonyl (C=O) groups is 2. The monoisotopic (exact) mass is 517 g/mol. The van der Waals surface area contributed by atoms with Crippen LogP contribution < -0.4 is 5.32 Å². The number of carboxylic acid groups (broad SMARTS) is 1. The Balaban J connectivity index is 1.50. The van der Waals surface area contributed by atoms with E-state index in [0.29, 0.717) is 22.8 Å². The summed E-state index contributed by atoms with van der Waals surface area (Å²) in [5.74, 6) is -1.64. The number of hydrogen-bond donors (Lipinski definition) is 2. The Morgan fingerprint density at radius 1 is 1.05 bits per heavy atom. The van der Waals surface area contributed by atoms with E-state index in [9.17, 15) is 9.59 Å². The number of morpholine rings is 1. The van der Waals surface area contributed by atoms with E-state index >= 15 is 0 Å². The SMILES string of the molecule is O=C(O)CCc1cccc(C(=Nc2ccc(CN3CCOCC3)cc2)C2C(=O)Nc3cc(Cl)ccc32)c1. The van der Waals surface area contributed by atoms with Crippen molar-refractivity contribution < 1.29 is 19.4 Å². The number of halogens is 1. The van der Waals surface area contributed by atoms with E-state index in [4.69, 9.17) is 26.4 Å². The Morgan fingerprint density at radius 3 is 2.59 bits per heavy atom. The molecule has 2 aliphatic heterocycles. The molecular weight excluding hydrogens is 490 g/mol. The number of carbonyl (C=O) groups excluding carboxylic acids is 1. The zero-order valence-electron chi connectivity index (χ0n) is 20.3. The zero-order valence-corrected chi connectivity index (χ0v) is 21.1. The van der Waals surface area contributed by atoms with Gasteiger partial charge >= 0.3 is 5.97 Å². The molecule has 2 heterocycles. The molecule has 7 nitrogen and oxygen atoms in total. The van der Waals surface area contributed by atoms with Crippen molar-refractivity contribution in [3.8, 4) is 0 Å². The van der Waals surface area contributed by atoms with Crippen LogP contribution in [0, 0.1) is 0 Å². The maximum Gasteiger partial charge on any atom is 0.303 e. The molecule has 0 saturated carbocycles. The fourth-order valence-corrected chi connectivity index (χ4v) is 4.94. The molecule has 8 heteroatoms. The van der Waals surface area contributed by atoms with Crippen molar-refractivity contribution in [3.63, 3.8) is 0 Å². The number of aryl methyl sites for hydroxylation is 1. The summed E-state index contributed by atoms with van der Waals surface area (Å²) in [7, 11) is 0. The summed E-state index contributed by atoms with van der Waals surface area (Å²) in [6.45, 7) is 4.21. The van der Waals surface area contributed by atoms with E-state index in [-0.39, 0.29) is 12.3 Å². The molecule has 2 aliphatic rings. The number of nitrogens with zero attached hydrogens (tertiary/aromatic N) is 2. The Bertz CT molecular complexity index is 1330. The van der Waals surface area contributed by atoms with Gasteiger partial charge in [0.2, 0.25) is 5.91 Å². The van der Waals surface area contributed by atoms with E-state index in [1.165, 1.54) is 5.56 Å². The zero-order chi connectivity index (χ0) is 25.8. The molecule has 3 aromatic rings. The van der Waals surface area contributed by atoms with Crippen molar-refractivity contribution in [1.29, 1.82) is 0 Å². The smallest absolute Gasteiger partial charge is 0.303 e. The number of anilines is 1. The summed E-state index contributed by atoms with van der Waals surface area (Å²) in [4.78, 5) is 31.6. The summed E-state index contributed by atoms with van der Waals surface area (Å²) in [5.41, 5.74) is 5.69. The van der Waals surface area contributed by atoms with Gasteiger partial charge in [0.1, 0.15) is 5.92 Å². The van der Waals surface area contributed by atoms with Gasteiger partial charge in [-0.05, 0) is 59.0 Å². The first-order valence-electron chi connectivity index (χ1n) is 12.4. The lowest BCUT2D eigenvalue weighted by molar-refractivity contribution is -0.137. The minimum absolute atomic E-state index is 0.0335. The van der Waals surface area contributed by atoms with E-state index in [1.54, 1.807) is 12.1 Å². The average Bonchev–Trinajstić information content (AvgIpc) is 3.22. The van der Waals surface area contributed by atoms with Gasteiger partial charge in [0, 0.05) is 36.8 Å². The summed E-state index contributed by atoms with van der Waals surface area (Å²) in [5, 5.41) is 12.6. The molecule has 1 unspecified atom stereocenters. The fourth-order valence-electron chi connectivity index (χ4n) is 4.77. The van der Waals surface area contributed by atoms with Crippen LogP contribution >= 0.6 is 11.6 Å². The third-order valence-corrected chi connectivity index (χ3v) is 6.90. The Kier molecular flexibility index (Phi) is 7.65. The van der Waals surface area contributed by atoms with Gasteiger partial charge in [-0.1, -0.05) is 48.0 Å². The highest BCUT2D eigenvalue weighted by Crippen LogP contribution is 2.38. The predicted molar refractivity (Wildman–Crippen MR) is 144 cm³/mol. The van der Waals surface area contributed by atoms with Crippen LogP contribution in [0.2, 0.25) is 5.02 Å². The average molecular weight is 518 g/mol. The maximum absolute atomic E-state index is 13.2. The number of fused-ring (bicyclic) bond motifs is 1. The predicted octanol–water partition coefficient (Wildman–Crippen LogP) is 5.05. The van der Waals surface area contributed by atoms with E-state index in [0.717, 1.165) is 55.2 Å². The van der Waals surface area contributed by atoms with E-state index in [1.807, 2.05) is 42.5 Å². The number of hydrogen-bond acceptors (Lipinski definition) is 5. The number of ether oxygens (including phenoxy) is 1. The molecule has 1 saturated heterocycles. The standard InChI is InChI=1S/C29H28ClN3O4/c30-22-7-10-24-25(17-22)32-29(36)27(24)28(21-3-1-2-19(16-21)6-11-26(34)35)31-23-8-4-20(5-9-23)18-33-12-14-37-15-13-33/h1-5,7-10,16-17,27H,6,11-15,18H2,(H,32,36)(H,34,35). The first-order valence-corrected chi connectivity index (χ1v) is 12.7. The maximum atomic E-state index is 13.2. The number of amides is 1. The van der Waals surface area contributed by atoms with Gasteiger partial charge in [0.25, 0.3) is 0 Å². The summed E-state index contributed by atoms with van der Waals surface area (Å²) < 4.78 is 5.44. The van der Waals surface area contributed by atoms with Crippen LogP contribution in [0.25, 0.3) is 0 Å². The second kappa shape index (κ2) is 11.3. The van der Waals surface area contributed by atoms with Gasteiger partial charge in [-0.2, -0.15) is 0 Å². The number of benzene rings is 3. The number of aliphatic imine (C=N–C) groups is 1. The van der Waals surface area contributed by atoms with Crippen molar-refractivity contribution in [3.05, 3.63) is 94.0 Å². The molecule has 2 N–H and O–H groups in total. The highest BCUT2D eigenvalue weighted by atomic mass is 35.5. The van der Waals surface area contributed by atoms with E-state index in [2.05, 4.69) is 22.3 Å². The molecule has 1 amide bonds. The fraction of sp³-hybridized carbons (Fsp3) is 0.276. The van der Waals surface area contributed by atoms with Crippen LogP contribution in [0.1, 0.15) is 34.6 Å². The van der Waals surface area contributed by atoms with Crippen molar-refractivity contribution >= 4 is 40.6 Å². The van der Waals surface area contributed by atoms with Crippen LogP contribution in [0.4, 0.5) is 11.4 Å². The van der Waals surface area contributed by atoms with Crippen LogP contribution in [0.15, 0.2) is 71.7 Å². The van der Waals surface area contributed by atoms with Crippen LogP contribution in [-0.4, -0.2) is 53.9 Å². The Labute approximate surface area is 220 Å². The lowest BCUT2D eigenvalue weighted by atomic mass is 9.89. The summed E-state index contributed by atoms with van der Waals surface area (Å²) in [6.07, 6.45) is 0.432. The highest BCUT2D eigenvalue weighted by Gasteiger charge is 2.35. The minimum atomic E-state index is -0.850. The minimum Gasteiger partial charge on any atom is -0.481 e. The second-order valence-corrected chi connectivity index (χ2v) is 9.74. The largest absolute Gasteiger partial charge is 0.481 e. The summed E-state index contributed by atoms with van der Waals surface area (Å²) >= 11 is 6.17. The molecule has 0 aromatic heterocycles. The molecule has 0 radical (unpaired) electrons. The lowest BCUT2D eigenvalue weighted by Gasteiger charge is -2.26. The quantitative estimate of drug-likeness (QED) is 0.408. The third kappa shape index (κ3) is 6.07. The molecular formula is C29H28ClN3O4. The van der Waals surface area contributed by atoms with Gasteiger partial charge in [-0.3, -0.25) is 19.5 Å². The molecule has 0 aliphatic carbocycles. The number of aliphatic carboxylic acids is 1. The van der Waals surface area contributed by atoms with Gasteiger partial charge in [0.05, 0.1) is 24.6 Å². The molecule has 37 heavy (non-hydrogen) atoms. The molecule has 1 fully saturated rings. The number of nitrogens with one attached hydrogen (secondary N) is 1.